The summed E-state index contributed by atoms with van der Waals surface area (Å²) in [4.78, 5) is 0. The van der Waals surface area contributed by atoms with Crippen LogP contribution < -0.4 is 0 Å². The van der Waals surface area contributed by atoms with Crippen LogP contribution in [-0.2, 0) is 9.84 Å². The van der Waals surface area contributed by atoms with Crippen LogP contribution in [0.5, 0.6) is 0 Å². The number of sulfone groups is 1. The van der Waals surface area contributed by atoms with Gasteiger partial charge in [-0.25, -0.2) is 8.42 Å². The molecule has 1 unspecified atom stereocenters. The predicted octanol–water partition coefficient (Wildman–Crippen LogP) is 1.73. The molecule has 0 bridgehead atoms. The SMILES string of the molecule is CCCCC1C=CS(=O)(=O)C1. The highest BCUT2D eigenvalue weighted by Gasteiger charge is 2.20. The molecule has 1 aliphatic heterocycles. The lowest BCUT2D eigenvalue weighted by atomic mass is 10.1. The molecule has 0 radical (unpaired) electrons. The highest BCUT2D eigenvalue weighted by Crippen LogP contribution is 2.19. The molecule has 1 aliphatic rings. The Hall–Kier alpha value is -0.310. The first-order chi connectivity index (χ1) is 5.14. The van der Waals surface area contributed by atoms with Gasteiger partial charge in [-0.1, -0.05) is 25.8 Å². The molecule has 0 saturated heterocycles. The molecular weight excluding hydrogens is 160 g/mol. The van der Waals surface area contributed by atoms with Gasteiger partial charge in [0.15, 0.2) is 9.84 Å². The van der Waals surface area contributed by atoms with Crippen LogP contribution in [0.4, 0.5) is 0 Å². The summed E-state index contributed by atoms with van der Waals surface area (Å²) >= 11 is 0. The van der Waals surface area contributed by atoms with Crippen molar-refractivity contribution < 1.29 is 8.42 Å². The molecule has 0 amide bonds. The number of unbranched alkanes of at least 4 members (excludes halogenated alkanes) is 1. The van der Waals surface area contributed by atoms with Gasteiger partial charge in [0.25, 0.3) is 0 Å². The predicted molar refractivity (Wildman–Crippen MR) is 45.9 cm³/mol. The number of allylic oxidation sites excluding steroid dienone is 1. The van der Waals surface area contributed by atoms with Gasteiger partial charge in [0.05, 0.1) is 5.75 Å². The molecule has 3 heteroatoms. The van der Waals surface area contributed by atoms with Crippen molar-refractivity contribution in [1.82, 2.24) is 0 Å². The van der Waals surface area contributed by atoms with E-state index in [0.717, 1.165) is 19.3 Å². The van der Waals surface area contributed by atoms with Crippen LogP contribution in [0, 0.1) is 5.92 Å². The molecule has 0 aromatic carbocycles. The van der Waals surface area contributed by atoms with E-state index in [1.807, 2.05) is 6.08 Å². The lowest BCUT2D eigenvalue weighted by Gasteiger charge is -2.03. The van der Waals surface area contributed by atoms with Gasteiger partial charge in [0, 0.05) is 5.41 Å². The summed E-state index contributed by atoms with van der Waals surface area (Å²) < 4.78 is 21.8. The molecule has 0 spiro atoms. The minimum atomic E-state index is -2.81. The number of hydrogen-bond acceptors (Lipinski definition) is 2. The van der Waals surface area contributed by atoms with E-state index in [1.165, 1.54) is 5.41 Å². The van der Waals surface area contributed by atoms with Crippen LogP contribution in [0.15, 0.2) is 11.5 Å². The van der Waals surface area contributed by atoms with Gasteiger partial charge in [0.1, 0.15) is 0 Å². The van der Waals surface area contributed by atoms with E-state index < -0.39 is 9.84 Å². The minimum Gasteiger partial charge on any atom is -0.224 e. The van der Waals surface area contributed by atoms with Gasteiger partial charge in [-0.05, 0) is 12.3 Å². The fourth-order valence-corrected chi connectivity index (χ4v) is 2.73. The van der Waals surface area contributed by atoms with E-state index in [-0.39, 0.29) is 0 Å². The Morgan fingerprint density at radius 1 is 1.55 bits per heavy atom. The van der Waals surface area contributed by atoms with Gasteiger partial charge < -0.3 is 0 Å². The van der Waals surface area contributed by atoms with Gasteiger partial charge in [0.2, 0.25) is 0 Å². The summed E-state index contributed by atoms with van der Waals surface area (Å²) in [6, 6.07) is 0. The quantitative estimate of drug-likeness (QED) is 0.653. The third-order valence-corrected chi connectivity index (χ3v) is 3.40. The molecule has 0 N–H and O–H groups in total. The summed E-state index contributed by atoms with van der Waals surface area (Å²) in [6.45, 7) is 2.12. The maximum Gasteiger partial charge on any atom is 0.171 e. The van der Waals surface area contributed by atoms with Crippen molar-refractivity contribution in [1.29, 1.82) is 0 Å². The Bertz CT molecular complexity index is 239. The average molecular weight is 174 g/mol. The maximum atomic E-state index is 10.9. The standard InChI is InChI=1S/C8H14O2S/c1-2-3-4-8-5-6-11(9,10)7-8/h5-6,8H,2-4,7H2,1H3. The molecule has 64 valence electrons. The van der Waals surface area contributed by atoms with E-state index in [4.69, 9.17) is 0 Å². The van der Waals surface area contributed by atoms with E-state index in [9.17, 15) is 8.42 Å². The summed E-state index contributed by atoms with van der Waals surface area (Å²) in [5.41, 5.74) is 0. The van der Waals surface area contributed by atoms with Gasteiger partial charge >= 0.3 is 0 Å². The second-order valence-electron chi connectivity index (χ2n) is 3.06. The summed E-state index contributed by atoms with van der Waals surface area (Å²) in [5.74, 6) is 0.632. The van der Waals surface area contributed by atoms with Gasteiger partial charge in [-0.2, -0.15) is 0 Å². The van der Waals surface area contributed by atoms with Crippen molar-refractivity contribution in [2.75, 3.05) is 5.75 Å². The van der Waals surface area contributed by atoms with Crippen LogP contribution in [-0.4, -0.2) is 14.2 Å². The zero-order valence-electron chi connectivity index (χ0n) is 6.79. The number of hydrogen-bond donors (Lipinski definition) is 0. The lowest BCUT2D eigenvalue weighted by Crippen LogP contribution is -2.04. The molecule has 2 nitrogen and oxygen atoms in total. The number of rotatable bonds is 3. The fourth-order valence-electron chi connectivity index (χ4n) is 1.29. The molecule has 0 aliphatic carbocycles. The first-order valence-corrected chi connectivity index (χ1v) is 5.76. The highest BCUT2D eigenvalue weighted by atomic mass is 32.2. The van der Waals surface area contributed by atoms with E-state index in [2.05, 4.69) is 6.92 Å². The second-order valence-corrected chi connectivity index (χ2v) is 4.99. The molecule has 11 heavy (non-hydrogen) atoms. The topological polar surface area (TPSA) is 34.1 Å². The lowest BCUT2D eigenvalue weighted by molar-refractivity contribution is 0.576. The molecule has 1 heterocycles. The van der Waals surface area contributed by atoms with Crippen LogP contribution in [0.1, 0.15) is 26.2 Å². The monoisotopic (exact) mass is 174 g/mol. The molecule has 0 aromatic rings. The second kappa shape index (κ2) is 3.39. The van der Waals surface area contributed by atoms with Crippen LogP contribution in [0.2, 0.25) is 0 Å². The van der Waals surface area contributed by atoms with Crippen molar-refractivity contribution >= 4 is 9.84 Å². The molecule has 0 fully saturated rings. The Morgan fingerprint density at radius 2 is 2.27 bits per heavy atom. The van der Waals surface area contributed by atoms with Crippen molar-refractivity contribution in [3.05, 3.63) is 11.5 Å². The first kappa shape index (κ1) is 8.78. The Kier molecular flexibility index (Phi) is 2.71. The smallest absolute Gasteiger partial charge is 0.171 e. The van der Waals surface area contributed by atoms with E-state index >= 15 is 0 Å². The maximum absolute atomic E-state index is 10.9. The molecule has 1 rings (SSSR count). The van der Waals surface area contributed by atoms with E-state index in [1.54, 1.807) is 0 Å². The third-order valence-electron chi connectivity index (χ3n) is 1.93. The largest absolute Gasteiger partial charge is 0.224 e. The van der Waals surface area contributed by atoms with Crippen LogP contribution >= 0.6 is 0 Å². The minimum absolute atomic E-state index is 0.292. The molecular formula is C8H14O2S. The van der Waals surface area contributed by atoms with Gasteiger partial charge in [-0.15, -0.1) is 0 Å². The van der Waals surface area contributed by atoms with Crippen LogP contribution in [0.3, 0.4) is 0 Å². The zero-order valence-corrected chi connectivity index (χ0v) is 7.60. The summed E-state index contributed by atoms with van der Waals surface area (Å²) in [6.07, 6.45) is 5.12. The van der Waals surface area contributed by atoms with Crippen LogP contribution in [0.25, 0.3) is 0 Å². The van der Waals surface area contributed by atoms with E-state index in [0.29, 0.717) is 11.7 Å². The molecule has 1 atom stereocenters. The summed E-state index contributed by atoms with van der Waals surface area (Å²) in [7, 11) is -2.81. The Morgan fingerprint density at radius 3 is 2.73 bits per heavy atom. The summed E-state index contributed by atoms with van der Waals surface area (Å²) in [5, 5.41) is 1.35. The third kappa shape index (κ3) is 2.66. The average Bonchev–Trinajstić information content (AvgIpc) is 2.26. The highest BCUT2D eigenvalue weighted by molar-refractivity contribution is 7.94. The van der Waals surface area contributed by atoms with Crippen molar-refractivity contribution in [2.45, 2.75) is 26.2 Å². The first-order valence-electron chi connectivity index (χ1n) is 4.05. The molecule has 0 aromatic heterocycles. The normalized spacial score (nSPS) is 27.5. The Labute approximate surface area is 68.2 Å². The van der Waals surface area contributed by atoms with Crippen molar-refractivity contribution in [2.24, 2.45) is 5.92 Å². The van der Waals surface area contributed by atoms with Gasteiger partial charge in [-0.3, -0.25) is 0 Å². The van der Waals surface area contributed by atoms with Crippen molar-refractivity contribution in [3.8, 4) is 0 Å². The fraction of sp³-hybridized carbons (Fsp3) is 0.750. The Balaban J connectivity index is 2.39. The zero-order chi connectivity index (χ0) is 8.32. The molecule has 0 saturated carbocycles. The van der Waals surface area contributed by atoms with Crippen molar-refractivity contribution in [3.63, 3.8) is 0 Å².